The highest BCUT2D eigenvalue weighted by atomic mass is 35.5. The molecule has 106 valence electrons. The van der Waals surface area contributed by atoms with Crippen LogP contribution in [0.1, 0.15) is 21.7 Å². The van der Waals surface area contributed by atoms with Crippen molar-refractivity contribution in [3.05, 3.63) is 70.4 Å². The monoisotopic (exact) mass is 299 g/mol. The Hall–Kier alpha value is -2.26. The number of hydrogen-bond donors (Lipinski definition) is 1. The predicted molar refractivity (Wildman–Crippen MR) is 83.6 cm³/mol. The fourth-order valence-corrected chi connectivity index (χ4v) is 2.38. The van der Waals surface area contributed by atoms with Crippen molar-refractivity contribution in [3.8, 4) is 0 Å². The molecule has 0 bridgehead atoms. The van der Waals surface area contributed by atoms with Gasteiger partial charge in [-0.15, -0.1) is 0 Å². The minimum absolute atomic E-state index is 0.231. The second kappa shape index (κ2) is 5.62. The van der Waals surface area contributed by atoms with Crippen LogP contribution in [-0.4, -0.2) is 5.91 Å². The Balaban J connectivity index is 1.76. The van der Waals surface area contributed by atoms with E-state index in [1.807, 2.05) is 31.2 Å². The second-order valence-corrected chi connectivity index (χ2v) is 5.34. The van der Waals surface area contributed by atoms with Crippen molar-refractivity contribution in [2.45, 2.75) is 13.5 Å². The highest BCUT2D eigenvalue weighted by Crippen LogP contribution is 2.23. The number of furan rings is 1. The van der Waals surface area contributed by atoms with Crippen LogP contribution in [0.3, 0.4) is 0 Å². The van der Waals surface area contributed by atoms with Crippen LogP contribution in [0, 0.1) is 6.92 Å². The van der Waals surface area contributed by atoms with E-state index in [9.17, 15) is 4.79 Å². The average Bonchev–Trinajstić information content (AvgIpc) is 2.89. The van der Waals surface area contributed by atoms with Crippen molar-refractivity contribution in [1.82, 2.24) is 5.32 Å². The third kappa shape index (κ3) is 2.93. The number of halogens is 1. The van der Waals surface area contributed by atoms with Gasteiger partial charge in [0.25, 0.3) is 5.91 Å². The summed E-state index contributed by atoms with van der Waals surface area (Å²) in [5, 5.41) is 4.31. The van der Waals surface area contributed by atoms with Gasteiger partial charge in [-0.25, -0.2) is 0 Å². The van der Waals surface area contributed by atoms with E-state index in [1.165, 1.54) is 0 Å². The van der Waals surface area contributed by atoms with Gasteiger partial charge in [-0.1, -0.05) is 35.9 Å². The van der Waals surface area contributed by atoms with E-state index >= 15 is 0 Å². The van der Waals surface area contributed by atoms with Crippen molar-refractivity contribution >= 4 is 28.5 Å². The Morgan fingerprint density at radius 1 is 1.19 bits per heavy atom. The van der Waals surface area contributed by atoms with E-state index in [2.05, 4.69) is 5.32 Å². The number of amides is 1. The molecule has 4 heteroatoms. The highest BCUT2D eigenvalue weighted by Gasteiger charge is 2.12. The van der Waals surface area contributed by atoms with Gasteiger partial charge < -0.3 is 9.73 Å². The molecule has 1 aromatic heterocycles. The summed E-state index contributed by atoms with van der Waals surface area (Å²) in [5.41, 5.74) is 2.89. The molecule has 2 aromatic carbocycles. The van der Waals surface area contributed by atoms with Crippen LogP contribution in [0.4, 0.5) is 0 Å². The number of rotatable bonds is 3. The van der Waals surface area contributed by atoms with Crippen LogP contribution in [0.15, 0.2) is 52.9 Å². The molecule has 21 heavy (non-hydrogen) atoms. The number of nitrogens with one attached hydrogen (secondary N) is 1. The van der Waals surface area contributed by atoms with Gasteiger partial charge in [-0.05, 0) is 42.3 Å². The van der Waals surface area contributed by atoms with E-state index in [-0.39, 0.29) is 5.91 Å². The molecule has 0 unspecified atom stereocenters. The summed E-state index contributed by atoms with van der Waals surface area (Å²) in [4.78, 5) is 12.1. The lowest BCUT2D eigenvalue weighted by Crippen LogP contribution is -2.22. The fourth-order valence-electron chi connectivity index (χ4n) is 2.20. The topological polar surface area (TPSA) is 42.2 Å². The summed E-state index contributed by atoms with van der Waals surface area (Å²) in [5.74, 6) is 0.0615. The highest BCUT2D eigenvalue weighted by molar-refractivity contribution is 6.31. The first-order chi connectivity index (χ1) is 10.1. The van der Waals surface area contributed by atoms with Crippen LogP contribution in [0.2, 0.25) is 5.02 Å². The van der Waals surface area contributed by atoms with E-state index in [0.29, 0.717) is 22.9 Å². The van der Waals surface area contributed by atoms with E-state index in [1.54, 1.807) is 24.3 Å². The molecule has 0 saturated carbocycles. The molecule has 0 aliphatic carbocycles. The van der Waals surface area contributed by atoms with E-state index < -0.39 is 0 Å². The molecule has 1 N–H and O–H groups in total. The molecule has 0 saturated heterocycles. The van der Waals surface area contributed by atoms with Crippen LogP contribution >= 0.6 is 11.6 Å². The number of benzene rings is 2. The van der Waals surface area contributed by atoms with Crippen molar-refractivity contribution < 1.29 is 9.21 Å². The minimum atomic E-state index is -0.231. The van der Waals surface area contributed by atoms with Crippen molar-refractivity contribution in [1.29, 1.82) is 0 Å². The third-order valence-electron chi connectivity index (χ3n) is 3.40. The molecule has 1 heterocycles. The molecule has 1 amide bonds. The molecule has 0 atom stereocenters. The molecule has 0 spiro atoms. The largest absolute Gasteiger partial charge is 0.451 e. The number of carbonyl (C=O) groups is 1. The number of aryl methyl sites for hydroxylation is 1. The summed E-state index contributed by atoms with van der Waals surface area (Å²) in [6, 6.07) is 14.9. The normalized spacial score (nSPS) is 10.8. The Labute approximate surface area is 127 Å². The summed E-state index contributed by atoms with van der Waals surface area (Å²) in [7, 11) is 0. The molecular weight excluding hydrogens is 286 g/mol. The van der Waals surface area contributed by atoms with Gasteiger partial charge in [0.15, 0.2) is 5.76 Å². The molecule has 3 rings (SSSR count). The maximum absolute atomic E-state index is 12.1. The summed E-state index contributed by atoms with van der Waals surface area (Å²) < 4.78 is 5.53. The molecule has 0 fully saturated rings. The molecule has 3 aromatic rings. The molecule has 0 radical (unpaired) electrons. The lowest BCUT2D eigenvalue weighted by Gasteiger charge is -2.06. The lowest BCUT2D eigenvalue weighted by molar-refractivity contribution is 0.0925. The van der Waals surface area contributed by atoms with Crippen LogP contribution in [0.25, 0.3) is 11.0 Å². The zero-order valence-corrected chi connectivity index (χ0v) is 12.3. The van der Waals surface area contributed by atoms with Gasteiger partial charge in [0.1, 0.15) is 5.58 Å². The van der Waals surface area contributed by atoms with Crippen LogP contribution in [-0.2, 0) is 6.54 Å². The Morgan fingerprint density at radius 3 is 2.81 bits per heavy atom. The average molecular weight is 300 g/mol. The Morgan fingerprint density at radius 2 is 2.00 bits per heavy atom. The summed E-state index contributed by atoms with van der Waals surface area (Å²) in [6.07, 6.45) is 0. The maximum Gasteiger partial charge on any atom is 0.287 e. The Kier molecular flexibility index (Phi) is 3.67. The smallest absolute Gasteiger partial charge is 0.287 e. The summed E-state index contributed by atoms with van der Waals surface area (Å²) in [6.45, 7) is 2.49. The van der Waals surface area contributed by atoms with E-state index in [4.69, 9.17) is 16.0 Å². The van der Waals surface area contributed by atoms with Crippen molar-refractivity contribution in [3.63, 3.8) is 0 Å². The minimum Gasteiger partial charge on any atom is -0.451 e. The quantitative estimate of drug-likeness (QED) is 0.782. The molecule has 3 nitrogen and oxygen atoms in total. The van der Waals surface area contributed by atoms with Gasteiger partial charge >= 0.3 is 0 Å². The first-order valence-corrected chi connectivity index (χ1v) is 7.03. The van der Waals surface area contributed by atoms with Crippen molar-refractivity contribution in [2.24, 2.45) is 0 Å². The second-order valence-electron chi connectivity index (χ2n) is 4.90. The van der Waals surface area contributed by atoms with Crippen LogP contribution < -0.4 is 5.32 Å². The number of hydrogen-bond acceptors (Lipinski definition) is 2. The van der Waals surface area contributed by atoms with Gasteiger partial charge in [-0.2, -0.15) is 0 Å². The number of carbonyl (C=O) groups excluding carboxylic acids is 1. The van der Waals surface area contributed by atoms with Gasteiger partial charge in [-0.3, -0.25) is 4.79 Å². The standard InChI is InChI=1S/C17H14ClNO2/c1-11-4-2-3-5-12(11)10-19-17(20)16-9-13-8-14(18)6-7-15(13)21-16/h2-9H,10H2,1H3,(H,19,20). The van der Waals surface area contributed by atoms with Crippen LogP contribution in [0.5, 0.6) is 0 Å². The maximum atomic E-state index is 12.1. The predicted octanol–water partition coefficient (Wildman–Crippen LogP) is 4.32. The molecular formula is C17H14ClNO2. The number of fused-ring (bicyclic) bond motifs is 1. The zero-order valence-electron chi connectivity index (χ0n) is 11.5. The molecule has 0 aliphatic heterocycles. The SMILES string of the molecule is Cc1ccccc1CNC(=O)c1cc2cc(Cl)ccc2o1. The van der Waals surface area contributed by atoms with E-state index in [0.717, 1.165) is 16.5 Å². The van der Waals surface area contributed by atoms with Gasteiger partial charge in [0, 0.05) is 17.0 Å². The van der Waals surface area contributed by atoms with Gasteiger partial charge in [0.05, 0.1) is 0 Å². The fraction of sp³-hybridized carbons (Fsp3) is 0.118. The van der Waals surface area contributed by atoms with Gasteiger partial charge in [0.2, 0.25) is 0 Å². The summed E-state index contributed by atoms with van der Waals surface area (Å²) >= 11 is 5.92. The zero-order chi connectivity index (χ0) is 14.8. The van der Waals surface area contributed by atoms with Crippen molar-refractivity contribution in [2.75, 3.05) is 0 Å². The Bertz CT molecular complexity index is 807. The molecule has 0 aliphatic rings. The first-order valence-electron chi connectivity index (χ1n) is 6.65. The lowest BCUT2D eigenvalue weighted by atomic mass is 10.1. The third-order valence-corrected chi connectivity index (χ3v) is 3.64. The first kappa shape index (κ1) is 13.7.